The zero-order chi connectivity index (χ0) is 10.9. The first-order valence-electron chi connectivity index (χ1n) is 7.72. The monoisotopic (exact) mass is 218 g/mol. The van der Waals surface area contributed by atoms with E-state index in [1.165, 1.54) is 6.42 Å². The van der Waals surface area contributed by atoms with E-state index < -0.39 is 0 Å². The summed E-state index contributed by atoms with van der Waals surface area (Å²) in [5.74, 6) is 6.74. The molecule has 4 aliphatic carbocycles. The van der Waals surface area contributed by atoms with Gasteiger partial charge in [0.1, 0.15) is 0 Å². The van der Waals surface area contributed by atoms with Crippen LogP contribution in [0.25, 0.3) is 0 Å². The number of hydrogen-bond acceptors (Lipinski definition) is 0. The summed E-state index contributed by atoms with van der Waals surface area (Å²) < 4.78 is 0. The summed E-state index contributed by atoms with van der Waals surface area (Å²) in [7, 11) is 0. The van der Waals surface area contributed by atoms with Gasteiger partial charge in [-0.2, -0.15) is 0 Å². The van der Waals surface area contributed by atoms with E-state index in [2.05, 4.69) is 13.8 Å². The van der Waals surface area contributed by atoms with E-state index >= 15 is 0 Å². The van der Waals surface area contributed by atoms with Gasteiger partial charge in [-0.15, -0.1) is 0 Å². The summed E-state index contributed by atoms with van der Waals surface area (Å²) in [6, 6.07) is 0. The van der Waals surface area contributed by atoms with Crippen molar-refractivity contribution >= 4 is 0 Å². The predicted octanol–water partition coefficient (Wildman–Crippen LogP) is 4.49. The lowest BCUT2D eigenvalue weighted by Crippen LogP contribution is -2.29. The quantitative estimate of drug-likeness (QED) is 0.562. The summed E-state index contributed by atoms with van der Waals surface area (Å²) in [5, 5.41) is 0. The molecule has 0 amide bonds. The van der Waals surface area contributed by atoms with Crippen LogP contribution in [-0.4, -0.2) is 0 Å². The van der Waals surface area contributed by atoms with Crippen LogP contribution in [0.15, 0.2) is 0 Å². The van der Waals surface area contributed by atoms with Gasteiger partial charge < -0.3 is 0 Å². The lowest BCUT2D eigenvalue weighted by molar-refractivity contribution is 0.129. The van der Waals surface area contributed by atoms with Crippen LogP contribution in [0, 0.1) is 40.9 Å². The van der Waals surface area contributed by atoms with Crippen LogP contribution in [0.5, 0.6) is 0 Å². The van der Waals surface area contributed by atoms with E-state index in [1.807, 2.05) is 0 Å². The van der Waals surface area contributed by atoms with Crippen LogP contribution in [0.4, 0.5) is 0 Å². The molecule has 4 rings (SSSR count). The summed E-state index contributed by atoms with van der Waals surface area (Å²) in [6.45, 7) is 5.26. The fourth-order valence-corrected chi connectivity index (χ4v) is 6.84. The third kappa shape index (κ3) is 0.985. The summed E-state index contributed by atoms with van der Waals surface area (Å²) in [6.07, 6.45) is 11.0. The van der Waals surface area contributed by atoms with Crippen LogP contribution in [0.1, 0.15) is 58.8 Å². The number of rotatable bonds is 0. The molecule has 0 aliphatic heterocycles. The van der Waals surface area contributed by atoms with Crippen molar-refractivity contribution in [1.82, 2.24) is 0 Å². The SMILES string of the molecule is C[C@H]1[C@H]2CCC[C@H]2[C@@H]2[C@@H]1C[C@@H]1CCC[C@@]12C. The van der Waals surface area contributed by atoms with Crippen molar-refractivity contribution in [3.05, 3.63) is 0 Å². The molecule has 16 heavy (non-hydrogen) atoms. The van der Waals surface area contributed by atoms with E-state index in [-0.39, 0.29) is 0 Å². The Labute approximate surface area is 100 Å². The van der Waals surface area contributed by atoms with E-state index in [0.717, 1.165) is 40.9 Å². The van der Waals surface area contributed by atoms with Crippen molar-refractivity contribution < 1.29 is 0 Å². The zero-order valence-electron chi connectivity index (χ0n) is 10.9. The highest BCUT2D eigenvalue weighted by atomic mass is 14.7. The molecule has 0 aromatic heterocycles. The molecule has 0 N–H and O–H groups in total. The third-order valence-corrected chi connectivity index (χ3v) is 7.42. The number of fused-ring (bicyclic) bond motifs is 5. The molecule has 7 atom stereocenters. The van der Waals surface area contributed by atoms with E-state index in [4.69, 9.17) is 0 Å². The second-order valence-electron chi connectivity index (χ2n) is 7.64. The van der Waals surface area contributed by atoms with Crippen LogP contribution < -0.4 is 0 Å². The number of hydrogen-bond donors (Lipinski definition) is 0. The molecule has 4 saturated carbocycles. The van der Waals surface area contributed by atoms with Crippen molar-refractivity contribution in [2.75, 3.05) is 0 Å². The predicted molar refractivity (Wildman–Crippen MR) is 67.0 cm³/mol. The van der Waals surface area contributed by atoms with Gasteiger partial charge in [0, 0.05) is 0 Å². The molecule has 0 nitrogen and oxygen atoms in total. The average Bonchev–Trinajstić information content (AvgIpc) is 2.90. The second-order valence-corrected chi connectivity index (χ2v) is 7.64. The molecule has 0 bridgehead atoms. The Morgan fingerprint density at radius 2 is 1.75 bits per heavy atom. The van der Waals surface area contributed by atoms with Crippen molar-refractivity contribution in [1.29, 1.82) is 0 Å². The van der Waals surface area contributed by atoms with Gasteiger partial charge in [0.05, 0.1) is 0 Å². The summed E-state index contributed by atoms with van der Waals surface area (Å²) in [4.78, 5) is 0. The first-order chi connectivity index (χ1) is 7.72. The van der Waals surface area contributed by atoms with E-state index in [9.17, 15) is 0 Å². The molecule has 0 radical (unpaired) electrons. The minimum absolute atomic E-state index is 0.780. The Bertz CT molecular complexity index is 305. The molecule has 0 aromatic carbocycles. The zero-order valence-corrected chi connectivity index (χ0v) is 10.9. The Kier molecular flexibility index (Phi) is 1.91. The van der Waals surface area contributed by atoms with Gasteiger partial charge in [0.25, 0.3) is 0 Å². The van der Waals surface area contributed by atoms with Crippen LogP contribution in [0.2, 0.25) is 0 Å². The van der Waals surface area contributed by atoms with Gasteiger partial charge in [0.2, 0.25) is 0 Å². The second kappa shape index (κ2) is 3.06. The van der Waals surface area contributed by atoms with E-state index in [1.54, 1.807) is 38.5 Å². The molecular weight excluding hydrogens is 192 g/mol. The largest absolute Gasteiger partial charge is 0.0620 e. The molecule has 0 spiro atoms. The maximum atomic E-state index is 2.67. The maximum Gasteiger partial charge on any atom is -0.0264 e. The highest BCUT2D eigenvalue weighted by molar-refractivity contribution is 5.12. The van der Waals surface area contributed by atoms with Crippen LogP contribution >= 0.6 is 0 Å². The average molecular weight is 218 g/mol. The van der Waals surface area contributed by atoms with Gasteiger partial charge in [0.15, 0.2) is 0 Å². The molecule has 4 aliphatic rings. The highest BCUT2D eigenvalue weighted by Crippen LogP contribution is 2.70. The first-order valence-corrected chi connectivity index (χ1v) is 7.72. The van der Waals surface area contributed by atoms with Crippen molar-refractivity contribution in [3.63, 3.8) is 0 Å². The van der Waals surface area contributed by atoms with Gasteiger partial charge in [-0.3, -0.25) is 0 Å². The van der Waals surface area contributed by atoms with Crippen LogP contribution in [-0.2, 0) is 0 Å². The minimum atomic E-state index is 0.780. The molecular formula is C16H26. The summed E-state index contributed by atoms with van der Waals surface area (Å²) >= 11 is 0. The maximum absolute atomic E-state index is 2.67. The van der Waals surface area contributed by atoms with Crippen molar-refractivity contribution in [2.45, 2.75) is 58.8 Å². The molecule has 0 heteroatoms. The first kappa shape index (κ1) is 9.97. The van der Waals surface area contributed by atoms with Crippen molar-refractivity contribution in [2.24, 2.45) is 40.9 Å². The van der Waals surface area contributed by atoms with Gasteiger partial charge in [-0.05, 0) is 73.0 Å². The minimum Gasteiger partial charge on any atom is -0.0620 e. The summed E-state index contributed by atoms with van der Waals surface area (Å²) in [5.41, 5.74) is 0.780. The molecule has 0 aromatic rings. The Hall–Kier alpha value is 0. The van der Waals surface area contributed by atoms with Crippen LogP contribution in [0.3, 0.4) is 0 Å². The van der Waals surface area contributed by atoms with Gasteiger partial charge in [-0.1, -0.05) is 26.7 Å². The third-order valence-electron chi connectivity index (χ3n) is 7.42. The fourth-order valence-electron chi connectivity index (χ4n) is 6.84. The molecule has 4 fully saturated rings. The topological polar surface area (TPSA) is 0 Å². The van der Waals surface area contributed by atoms with Gasteiger partial charge >= 0.3 is 0 Å². The molecule has 0 saturated heterocycles. The normalized spacial score (nSPS) is 63.4. The lowest BCUT2D eigenvalue weighted by atomic mass is 9.69. The Morgan fingerprint density at radius 3 is 2.62 bits per heavy atom. The lowest BCUT2D eigenvalue weighted by Gasteiger charge is -2.35. The Morgan fingerprint density at radius 1 is 0.938 bits per heavy atom. The molecule has 0 heterocycles. The van der Waals surface area contributed by atoms with Gasteiger partial charge in [-0.25, -0.2) is 0 Å². The smallest absolute Gasteiger partial charge is 0.0264 e. The standard InChI is InChI=1S/C16H26/c1-10-12-6-3-7-13(12)15-14(10)9-11-5-4-8-16(11,15)2/h10-15H,3-9H2,1-2H3/t10-,11-,12+,13+,14+,15+,16-/m0/s1. The van der Waals surface area contributed by atoms with Crippen molar-refractivity contribution in [3.8, 4) is 0 Å². The Balaban J connectivity index is 1.74. The molecule has 90 valence electrons. The van der Waals surface area contributed by atoms with E-state index in [0.29, 0.717) is 0 Å². The molecule has 0 unspecified atom stereocenters. The fraction of sp³-hybridized carbons (Fsp3) is 1.00. The highest BCUT2D eigenvalue weighted by Gasteiger charge is 2.63.